The topological polar surface area (TPSA) is 52.7 Å². The summed E-state index contributed by atoms with van der Waals surface area (Å²) in [5, 5.41) is 2.97. The molecule has 1 fully saturated rings. The number of benzene rings is 2. The summed E-state index contributed by atoms with van der Waals surface area (Å²) in [7, 11) is 3.87. The van der Waals surface area contributed by atoms with Gasteiger partial charge in [0.1, 0.15) is 0 Å². The smallest absolute Gasteiger partial charge is 0.256 e. The van der Waals surface area contributed by atoms with Crippen LogP contribution in [0.2, 0.25) is 0 Å². The van der Waals surface area contributed by atoms with Crippen LogP contribution in [0.4, 0.5) is 11.4 Å². The van der Waals surface area contributed by atoms with Gasteiger partial charge >= 0.3 is 0 Å². The number of hydrogen-bond donors (Lipinski definition) is 1. The largest absolute Gasteiger partial charge is 0.377 e. The van der Waals surface area contributed by atoms with E-state index in [0.29, 0.717) is 22.7 Å². The molecule has 5 heteroatoms. The molecule has 172 valence electrons. The molecule has 1 aliphatic heterocycles. The highest BCUT2D eigenvalue weighted by molar-refractivity contribution is 6.06. The summed E-state index contributed by atoms with van der Waals surface area (Å²) in [6.07, 6.45) is 6.72. The van der Waals surface area contributed by atoms with Gasteiger partial charge in [-0.3, -0.25) is 9.59 Å². The van der Waals surface area contributed by atoms with Crippen LogP contribution in [0, 0.1) is 5.92 Å². The molecule has 2 amide bonds. The molecule has 1 saturated heterocycles. The van der Waals surface area contributed by atoms with Gasteiger partial charge in [0.2, 0.25) is 0 Å². The van der Waals surface area contributed by atoms with Crippen LogP contribution in [-0.4, -0.2) is 43.9 Å². The minimum absolute atomic E-state index is 0.0353. The second-order valence-corrected chi connectivity index (χ2v) is 9.21. The fourth-order valence-electron chi connectivity index (χ4n) is 4.16. The maximum Gasteiger partial charge on any atom is 0.256 e. The lowest BCUT2D eigenvalue weighted by molar-refractivity contribution is 0.0697. The second kappa shape index (κ2) is 11.2. The average Bonchev–Trinajstić information content (AvgIpc) is 2.79. The lowest BCUT2D eigenvalue weighted by atomic mass is 9.98. The minimum atomic E-state index is -0.159. The Hall–Kier alpha value is -2.82. The monoisotopic (exact) mass is 435 g/mol. The number of hydrogen-bond acceptors (Lipinski definition) is 3. The Morgan fingerprint density at radius 3 is 2.34 bits per heavy atom. The Labute approximate surface area is 192 Å². The summed E-state index contributed by atoms with van der Waals surface area (Å²) in [5.41, 5.74) is 4.02. The summed E-state index contributed by atoms with van der Waals surface area (Å²) in [6, 6.07) is 13.4. The zero-order valence-corrected chi connectivity index (χ0v) is 20.0. The van der Waals surface area contributed by atoms with Gasteiger partial charge in [-0.25, -0.2) is 0 Å². The molecule has 0 spiro atoms. The third-order valence-corrected chi connectivity index (χ3v) is 6.32. The number of unbranched alkanes of at least 4 members (excludes halogenated alkanes) is 2. The second-order valence-electron chi connectivity index (χ2n) is 9.21. The van der Waals surface area contributed by atoms with Crippen LogP contribution < -0.4 is 10.2 Å². The van der Waals surface area contributed by atoms with E-state index in [2.05, 4.69) is 19.2 Å². The van der Waals surface area contributed by atoms with Gasteiger partial charge in [-0.15, -0.1) is 0 Å². The highest BCUT2D eigenvalue weighted by atomic mass is 16.2. The molecule has 1 heterocycles. The summed E-state index contributed by atoms with van der Waals surface area (Å²) >= 11 is 0. The van der Waals surface area contributed by atoms with Gasteiger partial charge in [0.05, 0.1) is 5.56 Å². The first kappa shape index (κ1) is 23.8. The quantitative estimate of drug-likeness (QED) is 0.548. The molecule has 0 unspecified atom stereocenters. The van der Waals surface area contributed by atoms with E-state index in [4.69, 9.17) is 0 Å². The van der Waals surface area contributed by atoms with E-state index in [1.54, 1.807) is 0 Å². The van der Waals surface area contributed by atoms with Crippen LogP contribution in [0.1, 0.15) is 72.2 Å². The first-order valence-corrected chi connectivity index (χ1v) is 11.9. The molecule has 1 aliphatic rings. The normalized spacial score (nSPS) is 14.3. The number of anilines is 2. The van der Waals surface area contributed by atoms with Crippen LogP contribution in [0.3, 0.4) is 0 Å². The molecule has 0 saturated carbocycles. The zero-order valence-electron chi connectivity index (χ0n) is 20.0. The summed E-state index contributed by atoms with van der Waals surface area (Å²) in [6.45, 7) is 6.01. The Morgan fingerprint density at radius 1 is 1.03 bits per heavy atom. The summed E-state index contributed by atoms with van der Waals surface area (Å²) in [5.74, 6) is 0.539. The Balaban J connectivity index is 1.73. The van der Waals surface area contributed by atoms with E-state index in [1.807, 2.05) is 66.4 Å². The van der Waals surface area contributed by atoms with Crippen LogP contribution in [0.5, 0.6) is 0 Å². The van der Waals surface area contributed by atoms with E-state index in [1.165, 1.54) is 24.8 Å². The SMILES string of the molecule is CCCCCc1ccc(C(=O)Nc2ccc(N(C)C)c(C(=O)N3CCC(C)CC3)c2)cc1. The predicted octanol–water partition coefficient (Wildman–Crippen LogP) is 5.61. The van der Waals surface area contributed by atoms with Gasteiger partial charge in [-0.2, -0.15) is 0 Å². The first-order valence-electron chi connectivity index (χ1n) is 11.9. The van der Waals surface area contributed by atoms with E-state index in [0.717, 1.165) is 38.0 Å². The third-order valence-electron chi connectivity index (χ3n) is 6.32. The number of carbonyl (C=O) groups is 2. The lowest BCUT2D eigenvalue weighted by Crippen LogP contribution is -2.38. The van der Waals surface area contributed by atoms with E-state index < -0.39 is 0 Å². The Bertz CT molecular complexity index is 913. The van der Waals surface area contributed by atoms with Gasteiger partial charge in [0.15, 0.2) is 0 Å². The van der Waals surface area contributed by atoms with Gasteiger partial charge < -0.3 is 15.1 Å². The van der Waals surface area contributed by atoms with Crippen LogP contribution in [0.15, 0.2) is 42.5 Å². The summed E-state index contributed by atoms with van der Waals surface area (Å²) < 4.78 is 0. The third kappa shape index (κ3) is 6.12. The van der Waals surface area contributed by atoms with Gasteiger partial charge in [0, 0.05) is 44.1 Å². The maximum absolute atomic E-state index is 13.3. The molecule has 5 nitrogen and oxygen atoms in total. The van der Waals surface area contributed by atoms with Crippen molar-refractivity contribution in [3.8, 4) is 0 Å². The molecule has 3 rings (SSSR count). The van der Waals surface area contributed by atoms with Crippen LogP contribution in [-0.2, 0) is 6.42 Å². The molecule has 1 N–H and O–H groups in total. The van der Waals surface area contributed by atoms with Crippen LogP contribution in [0.25, 0.3) is 0 Å². The van der Waals surface area contributed by atoms with E-state index in [9.17, 15) is 9.59 Å². The molecular formula is C27H37N3O2. The number of nitrogens with zero attached hydrogens (tertiary/aromatic N) is 2. The maximum atomic E-state index is 13.3. The first-order chi connectivity index (χ1) is 15.4. The average molecular weight is 436 g/mol. The van der Waals surface area contributed by atoms with Crippen molar-refractivity contribution in [1.29, 1.82) is 0 Å². The van der Waals surface area contributed by atoms with E-state index >= 15 is 0 Å². The minimum Gasteiger partial charge on any atom is -0.377 e. The lowest BCUT2D eigenvalue weighted by Gasteiger charge is -2.31. The van der Waals surface area contributed by atoms with Crippen molar-refractivity contribution < 1.29 is 9.59 Å². The predicted molar refractivity (Wildman–Crippen MR) is 133 cm³/mol. The summed E-state index contributed by atoms with van der Waals surface area (Å²) in [4.78, 5) is 30.0. The van der Waals surface area contributed by atoms with Crippen molar-refractivity contribution in [1.82, 2.24) is 4.90 Å². The number of rotatable bonds is 8. The molecule has 0 atom stereocenters. The van der Waals surface area contributed by atoms with Gasteiger partial charge in [0.25, 0.3) is 11.8 Å². The zero-order chi connectivity index (χ0) is 23.1. The van der Waals surface area contributed by atoms with Gasteiger partial charge in [-0.05, 0) is 67.5 Å². The number of piperidine rings is 1. The Morgan fingerprint density at radius 2 is 1.72 bits per heavy atom. The van der Waals surface area contributed by atoms with Crippen molar-refractivity contribution in [3.05, 3.63) is 59.2 Å². The molecule has 0 aromatic heterocycles. The van der Waals surface area contributed by atoms with Crippen molar-refractivity contribution in [2.75, 3.05) is 37.4 Å². The van der Waals surface area contributed by atoms with E-state index in [-0.39, 0.29) is 11.8 Å². The number of likely N-dealkylation sites (tertiary alicyclic amines) is 1. The fraction of sp³-hybridized carbons (Fsp3) is 0.481. The highest BCUT2D eigenvalue weighted by Gasteiger charge is 2.24. The Kier molecular flexibility index (Phi) is 8.32. The molecule has 2 aromatic rings. The van der Waals surface area contributed by atoms with Crippen LogP contribution >= 0.6 is 0 Å². The number of carbonyl (C=O) groups excluding carboxylic acids is 2. The van der Waals surface area contributed by atoms with Crippen molar-refractivity contribution in [2.45, 2.75) is 52.4 Å². The van der Waals surface area contributed by atoms with Crippen molar-refractivity contribution in [2.24, 2.45) is 5.92 Å². The van der Waals surface area contributed by atoms with Gasteiger partial charge in [-0.1, -0.05) is 38.8 Å². The number of nitrogens with one attached hydrogen (secondary N) is 1. The van der Waals surface area contributed by atoms with Crippen molar-refractivity contribution >= 4 is 23.2 Å². The fourth-order valence-corrected chi connectivity index (χ4v) is 4.16. The molecule has 0 aliphatic carbocycles. The molecule has 2 aromatic carbocycles. The molecular weight excluding hydrogens is 398 g/mol. The van der Waals surface area contributed by atoms with Crippen molar-refractivity contribution in [3.63, 3.8) is 0 Å². The molecule has 0 radical (unpaired) electrons. The highest BCUT2D eigenvalue weighted by Crippen LogP contribution is 2.27. The molecule has 0 bridgehead atoms. The standard InChI is InChI=1S/C27H37N3O2/c1-5-6-7-8-21-9-11-22(12-10-21)26(31)28-23-13-14-25(29(3)4)24(19-23)27(32)30-17-15-20(2)16-18-30/h9-14,19-20H,5-8,15-18H2,1-4H3,(H,28,31). The number of amides is 2. The molecule has 32 heavy (non-hydrogen) atoms. The number of aryl methyl sites for hydroxylation is 1.